The van der Waals surface area contributed by atoms with Crippen molar-refractivity contribution in [2.45, 2.75) is 39.8 Å². The van der Waals surface area contributed by atoms with Crippen LogP contribution in [0.3, 0.4) is 0 Å². The SMILES string of the molecule is CCc1cccc(-c2cc(Cl)ccc2CNC(C)C)c1. The molecule has 0 aliphatic rings. The van der Waals surface area contributed by atoms with E-state index >= 15 is 0 Å². The number of nitrogens with one attached hydrogen (secondary N) is 1. The summed E-state index contributed by atoms with van der Waals surface area (Å²) < 4.78 is 0. The van der Waals surface area contributed by atoms with Crippen LogP contribution >= 0.6 is 11.6 Å². The minimum absolute atomic E-state index is 0.473. The zero-order valence-electron chi connectivity index (χ0n) is 12.4. The van der Waals surface area contributed by atoms with Crippen LogP contribution in [0.5, 0.6) is 0 Å². The third-order valence-electron chi connectivity index (χ3n) is 3.42. The van der Waals surface area contributed by atoms with Gasteiger partial charge in [0.1, 0.15) is 0 Å². The van der Waals surface area contributed by atoms with E-state index in [1.54, 1.807) is 0 Å². The van der Waals surface area contributed by atoms with Crippen LogP contribution in [0.4, 0.5) is 0 Å². The van der Waals surface area contributed by atoms with E-state index in [2.05, 4.69) is 62.5 Å². The summed E-state index contributed by atoms with van der Waals surface area (Å²) in [6.45, 7) is 7.36. The minimum Gasteiger partial charge on any atom is -0.310 e. The molecular formula is C18H22ClN. The Morgan fingerprint density at radius 2 is 1.90 bits per heavy atom. The number of halogens is 1. The Bertz CT molecular complexity index is 575. The van der Waals surface area contributed by atoms with Crippen LogP contribution in [0.25, 0.3) is 11.1 Å². The van der Waals surface area contributed by atoms with Crippen LogP contribution in [0.15, 0.2) is 42.5 Å². The average Bonchev–Trinajstić information content (AvgIpc) is 2.46. The molecule has 0 radical (unpaired) electrons. The number of benzene rings is 2. The summed E-state index contributed by atoms with van der Waals surface area (Å²) in [6, 6.07) is 15.3. The van der Waals surface area contributed by atoms with Crippen LogP contribution in [0.2, 0.25) is 5.02 Å². The first-order valence-electron chi connectivity index (χ1n) is 7.21. The molecule has 0 saturated heterocycles. The number of rotatable bonds is 5. The second-order valence-corrected chi connectivity index (χ2v) is 5.83. The van der Waals surface area contributed by atoms with Crippen molar-refractivity contribution in [2.24, 2.45) is 0 Å². The molecule has 2 rings (SSSR count). The Morgan fingerprint density at radius 1 is 1.10 bits per heavy atom. The van der Waals surface area contributed by atoms with Gasteiger partial charge < -0.3 is 5.32 Å². The highest BCUT2D eigenvalue weighted by Crippen LogP contribution is 2.28. The van der Waals surface area contributed by atoms with Gasteiger partial charge in [0.25, 0.3) is 0 Å². The van der Waals surface area contributed by atoms with E-state index in [-0.39, 0.29) is 0 Å². The highest BCUT2D eigenvalue weighted by Gasteiger charge is 2.07. The van der Waals surface area contributed by atoms with Crippen LogP contribution in [0, 0.1) is 0 Å². The summed E-state index contributed by atoms with van der Waals surface area (Å²) in [4.78, 5) is 0. The van der Waals surface area contributed by atoms with E-state index in [0.29, 0.717) is 6.04 Å². The molecule has 1 N–H and O–H groups in total. The lowest BCUT2D eigenvalue weighted by Crippen LogP contribution is -2.22. The molecule has 0 amide bonds. The zero-order chi connectivity index (χ0) is 14.5. The van der Waals surface area contributed by atoms with E-state index in [9.17, 15) is 0 Å². The van der Waals surface area contributed by atoms with Gasteiger partial charge in [-0.15, -0.1) is 0 Å². The van der Waals surface area contributed by atoms with Crippen molar-refractivity contribution in [3.05, 3.63) is 58.6 Å². The molecule has 0 heterocycles. The second-order valence-electron chi connectivity index (χ2n) is 5.39. The summed E-state index contributed by atoms with van der Waals surface area (Å²) in [6.07, 6.45) is 1.05. The van der Waals surface area contributed by atoms with Crippen molar-refractivity contribution in [1.29, 1.82) is 0 Å². The predicted octanol–water partition coefficient (Wildman–Crippen LogP) is 5.07. The van der Waals surface area contributed by atoms with E-state index in [4.69, 9.17) is 11.6 Å². The smallest absolute Gasteiger partial charge is 0.0412 e. The highest BCUT2D eigenvalue weighted by molar-refractivity contribution is 6.30. The highest BCUT2D eigenvalue weighted by atomic mass is 35.5. The number of hydrogen-bond donors (Lipinski definition) is 1. The lowest BCUT2D eigenvalue weighted by atomic mass is 9.97. The molecule has 1 nitrogen and oxygen atoms in total. The summed E-state index contributed by atoms with van der Waals surface area (Å²) in [7, 11) is 0. The van der Waals surface area contributed by atoms with E-state index in [0.717, 1.165) is 18.0 Å². The molecule has 0 atom stereocenters. The van der Waals surface area contributed by atoms with Crippen LogP contribution < -0.4 is 5.32 Å². The van der Waals surface area contributed by atoms with Gasteiger partial charge in [-0.3, -0.25) is 0 Å². The maximum absolute atomic E-state index is 6.18. The second kappa shape index (κ2) is 6.92. The molecule has 106 valence electrons. The first kappa shape index (κ1) is 15.1. The van der Waals surface area contributed by atoms with Gasteiger partial charge >= 0.3 is 0 Å². The van der Waals surface area contributed by atoms with Crippen molar-refractivity contribution < 1.29 is 0 Å². The van der Waals surface area contributed by atoms with Gasteiger partial charge in [-0.1, -0.05) is 62.7 Å². The molecule has 2 aromatic carbocycles. The number of hydrogen-bond acceptors (Lipinski definition) is 1. The van der Waals surface area contributed by atoms with E-state index < -0.39 is 0 Å². The van der Waals surface area contributed by atoms with Gasteiger partial charge in [0, 0.05) is 17.6 Å². The van der Waals surface area contributed by atoms with Crippen molar-refractivity contribution in [3.63, 3.8) is 0 Å². The molecule has 0 aromatic heterocycles. The molecule has 0 unspecified atom stereocenters. The molecule has 2 heteroatoms. The van der Waals surface area contributed by atoms with Crippen molar-refractivity contribution >= 4 is 11.6 Å². The van der Waals surface area contributed by atoms with Crippen molar-refractivity contribution in [2.75, 3.05) is 0 Å². The maximum Gasteiger partial charge on any atom is 0.0412 e. The Kier molecular flexibility index (Phi) is 5.22. The standard InChI is InChI=1S/C18H22ClN/c1-4-14-6-5-7-15(10-14)18-11-17(19)9-8-16(18)12-20-13(2)3/h5-11,13,20H,4,12H2,1-3H3. The fraction of sp³-hybridized carbons (Fsp3) is 0.333. The lowest BCUT2D eigenvalue weighted by molar-refractivity contribution is 0.589. The van der Waals surface area contributed by atoms with E-state index in [1.807, 2.05) is 6.07 Å². The van der Waals surface area contributed by atoms with Crippen LogP contribution in [-0.2, 0) is 13.0 Å². The molecule has 0 aliphatic carbocycles. The van der Waals surface area contributed by atoms with Crippen LogP contribution in [-0.4, -0.2) is 6.04 Å². The van der Waals surface area contributed by atoms with Gasteiger partial charge in [0.05, 0.1) is 0 Å². The Morgan fingerprint density at radius 3 is 2.60 bits per heavy atom. The Labute approximate surface area is 127 Å². The van der Waals surface area contributed by atoms with Crippen LogP contribution in [0.1, 0.15) is 31.9 Å². The first-order valence-corrected chi connectivity index (χ1v) is 7.59. The minimum atomic E-state index is 0.473. The normalized spacial score (nSPS) is 11.1. The van der Waals surface area contributed by atoms with Gasteiger partial charge in [-0.05, 0) is 40.8 Å². The number of aryl methyl sites for hydroxylation is 1. The average molecular weight is 288 g/mol. The van der Waals surface area contributed by atoms with Gasteiger partial charge in [-0.2, -0.15) is 0 Å². The molecule has 0 fully saturated rings. The summed E-state index contributed by atoms with van der Waals surface area (Å²) in [5.41, 5.74) is 5.11. The summed E-state index contributed by atoms with van der Waals surface area (Å²) in [5.74, 6) is 0. The third kappa shape index (κ3) is 3.84. The topological polar surface area (TPSA) is 12.0 Å². The monoisotopic (exact) mass is 287 g/mol. The molecule has 0 bridgehead atoms. The van der Waals surface area contributed by atoms with E-state index in [1.165, 1.54) is 22.3 Å². The molecule has 0 aliphatic heterocycles. The molecule has 20 heavy (non-hydrogen) atoms. The maximum atomic E-state index is 6.18. The molecular weight excluding hydrogens is 266 g/mol. The predicted molar refractivity (Wildman–Crippen MR) is 88.2 cm³/mol. The Hall–Kier alpha value is -1.31. The first-order chi connectivity index (χ1) is 9.60. The van der Waals surface area contributed by atoms with Gasteiger partial charge in [-0.25, -0.2) is 0 Å². The largest absolute Gasteiger partial charge is 0.310 e. The zero-order valence-corrected chi connectivity index (χ0v) is 13.2. The van der Waals surface area contributed by atoms with Crippen molar-refractivity contribution in [3.8, 4) is 11.1 Å². The fourth-order valence-corrected chi connectivity index (χ4v) is 2.42. The molecule has 2 aromatic rings. The molecule has 0 spiro atoms. The lowest BCUT2D eigenvalue weighted by Gasteiger charge is -2.14. The van der Waals surface area contributed by atoms with Gasteiger partial charge in [0.15, 0.2) is 0 Å². The quantitative estimate of drug-likeness (QED) is 0.810. The van der Waals surface area contributed by atoms with Crippen molar-refractivity contribution in [1.82, 2.24) is 5.32 Å². The summed E-state index contributed by atoms with van der Waals surface area (Å²) in [5, 5.41) is 4.26. The van der Waals surface area contributed by atoms with Gasteiger partial charge in [0.2, 0.25) is 0 Å². The molecule has 0 saturated carbocycles. The summed E-state index contributed by atoms with van der Waals surface area (Å²) >= 11 is 6.18. The Balaban J connectivity index is 2.39. The fourth-order valence-electron chi connectivity index (χ4n) is 2.24. The third-order valence-corrected chi connectivity index (χ3v) is 3.65.